The Labute approximate surface area is 184 Å². The van der Waals surface area contributed by atoms with Crippen LogP contribution in [0.3, 0.4) is 0 Å². The lowest BCUT2D eigenvalue weighted by Gasteiger charge is -2.38. The standard InChI is InChI=1S/C22H24F3N3O3S/c23-22(24,25)15-4-3-5-18(14-15)32(30,31)28(16-8-9-16)17-10-12-27(13-11-17)21(29)19-6-1-2-7-20(19)26/h1-7,14,16-17H,8-13,26H2. The molecule has 4 rings (SSSR count). The van der Waals surface area contributed by atoms with Crippen LogP contribution in [0.1, 0.15) is 41.6 Å². The number of rotatable bonds is 5. The number of amides is 1. The summed E-state index contributed by atoms with van der Waals surface area (Å²) in [5.74, 6) is -0.208. The van der Waals surface area contributed by atoms with Gasteiger partial charge in [0.2, 0.25) is 10.0 Å². The molecule has 10 heteroatoms. The second-order valence-corrected chi connectivity index (χ2v) is 10.0. The second-order valence-electron chi connectivity index (χ2n) is 8.20. The molecule has 0 atom stereocenters. The molecular formula is C22H24F3N3O3S. The van der Waals surface area contributed by atoms with Gasteiger partial charge in [0, 0.05) is 30.9 Å². The first kappa shape index (κ1) is 22.6. The normalized spacial score (nSPS) is 18.2. The van der Waals surface area contributed by atoms with E-state index in [2.05, 4.69) is 0 Å². The fourth-order valence-corrected chi connectivity index (χ4v) is 6.14. The highest BCUT2D eigenvalue weighted by Crippen LogP contribution is 2.38. The third-order valence-electron chi connectivity index (χ3n) is 5.95. The molecule has 2 N–H and O–H groups in total. The largest absolute Gasteiger partial charge is 0.416 e. The van der Waals surface area contributed by atoms with E-state index in [1.165, 1.54) is 10.4 Å². The summed E-state index contributed by atoms with van der Waals surface area (Å²) in [7, 11) is -4.11. The predicted molar refractivity (Wildman–Crippen MR) is 113 cm³/mol. The van der Waals surface area contributed by atoms with Crippen LogP contribution < -0.4 is 5.73 Å². The van der Waals surface area contributed by atoms with Crippen molar-refractivity contribution < 1.29 is 26.4 Å². The Kier molecular flexibility index (Phi) is 5.93. The molecule has 0 unspecified atom stereocenters. The van der Waals surface area contributed by atoms with E-state index < -0.39 is 21.8 Å². The maximum absolute atomic E-state index is 13.3. The van der Waals surface area contributed by atoms with Gasteiger partial charge in [-0.15, -0.1) is 0 Å². The van der Waals surface area contributed by atoms with Crippen LogP contribution in [0.2, 0.25) is 0 Å². The summed E-state index contributed by atoms with van der Waals surface area (Å²) >= 11 is 0. The molecule has 2 aromatic rings. The summed E-state index contributed by atoms with van der Waals surface area (Å²) in [6, 6.07) is 10.1. The van der Waals surface area contributed by atoms with Crippen LogP contribution in [0.4, 0.5) is 18.9 Å². The molecule has 6 nitrogen and oxygen atoms in total. The van der Waals surface area contributed by atoms with Gasteiger partial charge in [0.15, 0.2) is 0 Å². The molecule has 1 aliphatic heterocycles. The van der Waals surface area contributed by atoms with Crippen LogP contribution in [0.15, 0.2) is 53.4 Å². The number of halogens is 3. The fourth-order valence-electron chi connectivity index (χ4n) is 4.16. The number of nitrogens with two attached hydrogens (primary N) is 1. The number of benzene rings is 2. The maximum Gasteiger partial charge on any atom is 0.416 e. The van der Waals surface area contributed by atoms with Crippen molar-refractivity contribution in [1.29, 1.82) is 0 Å². The quantitative estimate of drug-likeness (QED) is 0.679. The Bertz CT molecular complexity index is 1110. The third kappa shape index (κ3) is 4.47. The van der Waals surface area contributed by atoms with Crippen molar-refractivity contribution in [2.45, 2.75) is 48.8 Å². The van der Waals surface area contributed by atoms with Gasteiger partial charge < -0.3 is 10.6 Å². The number of para-hydroxylation sites is 1. The first-order chi connectivity index (χ1) is 15.1. The Morgan fingerprint density at radius 1 is 0.969 bits per heavy atom. The average molecular weight is 468 g/mol. The minimum Gasteiger partial charge on any atom is -0.398 e. The number of likely N-dealkylation sites (tertiary alicyclic amines) is 1. The second kappa shape index (κ2) is 8.40. The van der Waals surface area contributed by atoms with Crippen molar-refractivity contribution in [2.75, 3.05) is 18.8 Å². The number of carbonyl (C=O) groups is 1. The molecular weight excluding hydrogens is 443 g/mol. The number of hydrogen-bond acceptors (Lipinski definition) is 4. The summed E-state index contributed by atoms with van der Waals surface area (Å²) in [5.41, 5.74) is 5.70. The number of nitrogens with zero attached hydrogens (tertiary/aromatic N) is 2. The van der Waals surface area contributed by atoms with E-state index in [1.54, 1.807) is 29.2 Å². The zero-order chi connectivity index (χ0) is 23.1. The molecule has 1 heterocycles. The molecule has 1 amide bonds. The van der Waals surface area contributed by atoms with Crippen molar-refractivity contribution in [3.63, 3.8) is 0 Å². The molecule has 0 bridgehead atoms. The van der Waals surface area contributed by atoms with Crippen molar-refractivity contribution in [1.82, 2.24) is 9.21 Å². The molecule has 2 aromatic carbocycles. The predicted octanol–water partition coefficient (Wildman–Crippen LogP) is 3.75. The summed E-state index contributed by atoms with van der Waals surface area (Å²) in [5, 5.41) is 0. The van der Waals surface area contributed by atoms with E-state index in [4.69, 9.17) is 5.73 Å². The Morgan fingerprint density at radius 2 is 1.59 bits per heavy atom. The first-order valence-corrected chi connectivity index (χ1v) is 11.9. The number of anilines is 1. The number of alkyl halides is 3. The van der Waals surface area contributed by atoms with Crippen LogP contribution in [-0.4, -0.2) is 48.7 Å². The van der Waals surface area contributed by atoms with Crippen LogP contribution in [0.25, 0.3) is 0 Å². The molecule has 0 aromatic heterocycles. The summed E-state index contributed by atoms with van der Waals surface area (Å²) < 4.78 is 67.4. The number of hydrogen-bond donors (Lipinski definition) is 1. The SMILES string of the molecule is Nc1ccccc1C(=O)N1CCC(N(C2CC2)S(=O)(=O)c2cccc(C(F)(F)F)c2)CC1. The lowest BCUT2D eigenvalue weighted by atomic mass is 10.0. The molecule has 32 heavy (non-hydrogen) atoms. The van der Waals surface area contributed by atoms with Crippen molar-refractivity contribution in [2.24, 2.45) is 0 Å². The molecule has 1 saturated carbocycles. The average Bonchev–Trinajstić information content (AvgIpc) is 3.58. The maximum atomic E-state index is 13.3. The van der Waals surface area contributed by atoms with Gasteiger partial charge in [0.1, 0.15) is 0 Å². The zero-order valence-corrected chi connectivity index (χ0v) is 18.1. The van der Waals surface area contributed by atoms with E-state index in [0.717, 1.165) is 12.1 Å². The lowest BCUT2D eigenvalue weighted by molar-refractivity contribution is -0.137. The van der Waals surface area contributed by atoms with E-state index in [-0.39, 0.29) is 22.9 Å². The Morgan fingerprint density at radius 3 is 2.19 bits per heavy atom. The Hall–Kier alpha value is -2.59. The zero-order valence-electron chi connectivity index (χ0n) is 17.3. The Balaban J connectivity index is 1.52. The lowest BCUT2D eigenvalue weighted by Crippen LogP contribution is -2.49. The van der Waals surface area contributed by atoms with Crippen molar-refractivity contribution in [3.05, 3.63) is 59.7 Å². The van der Waals surface area contributed by atoms with Crippen LogP contribution in [0.5, 0.6) is 0 Å². The fraction of sp³-hybridized carbons (Fsp3) is 0.409. The number of carbonyl (C=O) groups excluding carboxylic acids is 1. The van der Waals surface area contributed by atoms with Gasteiger partial charge in [-0.05, 0) is 56.0 Å². The topological polar surface area (TPSA) is 83.7 Å². The highest BCUT2D eigenvalue weighted by Gasteiger charge is 2.44. The van der Waals surface area contributed by atoms with Gasteiger partial charge >= 0.3 is 6.18 Å². The molecule has 0 radical (unpaired) electrons. The van der Waals surface area contributed by atoms with Gasteiger partial charge in [-0.25, -0.2) is 8.42 Å². The van der Waals surface area contributed by atoms with Crippen LogP contribution >= 0.6 is 0 Å². The minimum atomic E-state index is -4.62. The molecule has 1 saturated heterocycles. The van der Waals surface area contributed by atoms with E-state index >= 15 is 0 Å². The third-order valence-corrected chi connectivity index (χ3v) is 7.95. The molecule has 2 fully saturated rings. The molecule has 172 valence electrons. The summed E-state index contributed by atoms with van der Waals surface area (Å²) in [6.07, 6.45) is -2.45. The highest BCUT2D eigenvalue weighted by molar-refractivity contribution is 7.89. The molecule has 2 aliphatic rings. The van der Waals surface area contributed by atoms with E-state index in [9.17, 15) is 26.4 Å². The monoisotopic (exact) mass is 467 g/mol. The van der Waals surface area contributed by atoms with Gasteiger partial charge in [0.25, 0.3) is 5.91 Å². The number of piperidine rings is 1. The smallest absolute Gasteiger partial charge is 0.398 e. The van der Waals surface area contributed by atoms with E-state index in [0.29, 0.717) is 56.1 Å². The summed E-state index contributed by atoms with van der Waals surface area (Å²) in [4.78, 5) is 14.1. The minimum absolute atomic E-state index is 0.208. The van der Waals surface area contributed by atoms with Gasteiger partial charge in [-0.2, -0.15) is 17.5 Å². The van der Waals surface area contributed by atoms with E-state index in [1.807, 2.05) is 0 Å². The highest BCUT2D eigenvalue weighted by atomic mass is 32.2. The van der Waals surface area contributed by atoms with Gasteiger partial charge in [-0.3, -0.25) is 4.79 Å². The summed E-state index contributed by atoms with van der Waals surface area (Å²) in [6.45, 7) is 0.693. The van der Waals surface area contributed by atoms with Crippen molar-refractivity contribution >= 4 is 21.6 Å². The number of nitrogen functional groups attached to an aromatic ring is 1. The van der Waals surface area contributed by atoms with Crippen LogP contribution in [0, 0.1) is 0 Å². The van der Waals surface area contributed by atoms with Crippen molar-refractivity contribution in [3.8, 4) is 0 Å². The van der Waals surface area contributed by atoms with Gasteiger partial charge in [0.05, 0.1) is 16.0 Å². The van der Waals surface area contributed by atoms with Gasteiger partial charge in [-0.1, -0.05) is 18.2 Å². The number of sulfonamides is 1. The van der Waals surface area contributed by atoms with Crippen LogP contribution in [-0.2, 0) is 16.2 Å². The molecule has 1 aliphatic carbocycles. The molecule has 0 spiro atoms. The first-order valence-electron chi connectivity index (χ1n) is 10.4.